The molecule has 4 heteroatoms. The van der Waals surface area contributed by atoms with Crippen molar-refractivity contribution in [3.05, 3.63) is 30.1 Å². The fourth-order valence-corrected chi connectivity index (χ4v) is 3.74. The molecule has 0 saturated heterocycles. The predicted octanol–water partition coefficient (Wildman–Crippen LogP) is 3.66. The monoisotopic (exact) mass is 286 g/mol. The summed E-state index contributed by atoms with van der Waals surface area (Å²) >= 11 is 0. The van der Waals surface area contributed by atoms with E-state index in [-0.39, 0.29) is 11.8 Å². The minimum atomic E-state index is -0.675. The molecule has 1 aliphatic rings. The van der Waals surface area contributed by atoms with Crippen molar-refractivity contribution in [1.82, 2.24) is 9.55 Å². The highest BCUT2D eigenvalue weighted by Gasteiger charge is 2.41. The Morgan fingerprint density at radius 2 is 2.10 bits per heavy atom. The zero-order chi connectivity index (χ0) is 15.0. The number of carboxylic acids is 1. The van der Waals surface area contributed by atoms with Gasteiger partial charge < -0.3 is 9.67 Å². The van der Waals surface area contributed by atoms with Gasteiger partial charge in [0.05, 0.1) is 17.0 Å². The number of carboxylic acid groups (broad SMARTS) is 1. The molecule has 1 saturated carbocycles. The molecule has 4 nitrogen and oxygen atoms in total. The number of nitrogens with zero attached hydrogens (tertiary/aromatic N) is 2. The normalized spacial score (nSPS) is 25.5. The van der Waals surface area contributed by atoms with E-state index in [9.17, 15) is 9.90 Å². The van der Waals surface area contributed by atoms with Crippen LogP contribution in [-0.2, 0) is 11.3 Å². The van der Waals surface area contributed by atoms with Gasteiger partial charge in [-0.2, -0.15) is 0 Å². The molecule has 0 amide bonds. The largest absolute Gasteiger partial charge is 0.481 e. The molecule has 1 aliphatic carbocycles. The average molecular weight is 286 g/mol. The predicted molar refractivity (Wildman–Crippen MR) is 82.3 cm³/mol. The number of benzene rings is 1. The minimum Gasteiger partial charge on any atom is -0.481 e. The Balaban J connectivity index is 2.08. The maximum absolute atomic E-state index is 11.6. The second-order valence-electron chi connectivity index (χ2n) is 6.00. The summed E-state index contributed by atoms with van der Waals surface area (Å²) < 4.78 is 2.19. The van der Waals surface area contributed by atoms with Crippen LogP contribution >= 0.6 is 0 Å². The van der Waals surface area contributed by atoms with Gasteiger partial charge >= 0.3 is 5.97 Å². The van der Waals surface area contributed by atoms with Crippen LogP contribution in [-0.4, -0.2) is 20.6 Å². The highest BCUT2D eigenvalue weighted by molar-refractivity contribution is 5.77. The van der Waals surface area contributed by atoms with Crippen molar-refractivity contribution in [2.75, 3.05) is 0 Å². The van der Waals surface area contributed by atoms with E-state index in [1.165, 1.54) is 0 Å². The van der Waals surface area contributed by atoms with Gasteiger partial charge in [0, 0.05) is 12.5 Å². The first-order chi connectivity index (χ1) is 10.2. The maximum atomic E-state index is 11.6. The number of hydrogen-bond donors (Lipinski definition) is 1. The number of fused-ring (bicyclic) bond motifs is 1. The molecular formula is C17H22N2O2. The van der Waals surface area contributed by atoms with Crippen LogP contribution in [0.4, 0.5) is 0 Å². The molecule has 2 aromatic rings. The van der Waals surface area contributed by atoms with Gasteiger partial charge in [0.25, 0.3) is 0 Å². The number of para-hydroxylation sites is 2. The quantitative estimate of drug-likeness (QED) is 0.933. The Kier molecular flexibility index (Phi) is 3.70. The van der Waals surface area contributed by atoms with Gasteiger partial charge in [-0.05, 0) is 37.8 Å². The summed E-state index contributed by atoms with van der Waals surface area (Å²) in [6.45, 7) is 5.07. The molecule has 0 spiro atoms. The van der Waals surface area contributed by atoms with Gasteiger partial charge in [0.15, 0.2) is 0 Å². The Labute approximate surface area is 124 Å². The van der Waals surface area contributed by atoms with E-state index in [0.717, 1.165) is 42.7 Å². The van der Waals surface area contributed by atoms with Crippen molar-refractivity contribution in [1.29, 1.82) is 0 Å². The standard InChI is InChI=1S/C17H22N2O2/c1-3-11-9-12(13(10-11)17(20)21)16-18-14-7-5-6-8-15(14)19(16)4-2/h5-8,11-13H,3-4,9-10H2,1-2H3,(H,20,21). The second-order valence-corrected chi connectivity index (χ2v) is 6.00. The molecule has 1 aromatic heterocycles. The maximum Gasteiger partial charge on any atom is 0.307 e. The van der Waals surface area contributed by atoms with Crippen molar-refractivity contribution in [3.63, 3.8) is 0 Å². The summed E-state index contributed by atoms with van der Waals surface area (Å²) in [4.78, 5) is 16.4. The van der Waals surface area contributed by atoms with Crippen LogP contribution in [0.5, 0.6) is 0 Å². The van der Waals surface area contributed by atoms with Gasteiger partial charge in [-0.1, -0.05) is 25.5 Å². The highest BCUT2D eigenvalue weighted by atomic mass is 16.4. The molecule has 0 bridgehead atoms. The van der Waals surface area contributed by atoms with Crippen LogP contribution in [0.2, 0.25) is 0 Å². The lowest BCUT2D eigenvalue weighted by Gasteiger charge is -2.16. The molecule has 21 heavy (non-hydrogen) atoms. The molecule has 0 radical (unpaired) electrons. The van der Waals surface area contributed by atoms with Crippen LogP contribution < -0.4 is 0 Å². The average Bonchev–Trinajstić information content (AvgIpc) is 3.07. The van der Waals surface area contributed by atoms with Crippen LogP contribution in [0, 0.1) is 11.8 Å². The van der Waals surface area contributed by atoms with E-state index in [2.05, 4.69) is 24.5 Å². The first-order valence-electron chi connectivity index (χ1n) is 7.83. The summed E-state index contributed by atoms with van der Waals surface area (Å²) in [7, 11) is 0. The van der Waals surface area contributed by atoms with E-state index >= 15 is 0 Å². The van der Waals surface area contributed by atoms with E-state index in [0.29, 0.717) is 5.92 Å². The molecule has 3 rings (SSSR count). The molecule has 1 fully saturated rings. The number of rotatable bonds is 4. The third-order valence-electron chi connectivity index (χ3n) is 4.89. The zero-order valence-electron chi connectivity index (χ0n) is 12.6. The van der Waals surface area contributed by atoms with Gasteiger partial charge in [-0.25, -0.2) is 4.98 Å². The molecule has 3 atom stereocenters. The Hall–Kier alpha value is -1.84. The smallest absolute Gasteiger partial charge is 0.307 e. The number of aryl methyl sites for hydroxylation is 1. The summed E-state index contributed by atoms with van der Waals surface area (Å²) in [5.74, 6) is 0.533. The van der Waals surface area contributed by atoms with E-state index < -0.39 is 5.97 Å². The molecule has 3 unspecified atom stereocenters. The van der Waals surface area contributed by atoms with E-state index in [4.69, 9.17) is 4.98 Å². The van der Waals surface area contributed by atoms with E-state index in [1.807, 2.05) is 18.2 Å². The Morgan fingerprint density at radius 1 is 1.33 bits per heavy atom. The van der Waals surface area contributed by atoms with Crippen LogP contribution in [0.15, 0.2) is 24.3 Å². The van der Waals surface area contributed by atoms with Gasteiger partial charge in [-0.3, -0.25) is 4.79 Å². The van der Waals surface area contributed by atoms with Crippen molar-refractivity contribution in [3.8, 4) is 0 Å². The van der Waals surface area contributed by atoms with Gasteiger partial charge in [0.1, 0.15) is 5.82 Å². The molecule has 112 valence electrons. The molecule has 0 aliphatic heterocycles. The van der Waals surface area contributed by atoms with Crippen molar-refractivity contribution in [2.24, 2.45) is 11.8 Å². The Bertz CT molecular complexity index is 662. The van der Waals surface area contributed by atoms with E-state index in [1.54, 1.807) is 0 Å². The van der Waals surface area contributed by atoms with Crippen molar-refractivity contribution < 1.29 is 9.90 Å². The SMILES string of the molecule is CCC1CC(C(=O)O)C(c2nc3ccccc3n2CC)C1. The summed E-state index contributed by atoms with van der Waals surface area (Å²) in [5, 5.41) is 9.56. The van der Waals surface area contributed by atoms with Crippen LogP contribution in [0.25, 0.3) is 11.0 Å². The topological polar surface area (TPSA) is 55.1 Å². The summed E-state index contributed by atoms with van der Waals surface area (Å²) in [6, 6.07) is 8.07. The fraction of sp³-hybridized carbons (Fsp3) is 0.529. The van der Waals surface area contributed by atoms with Crippen molar-refractivity contribution >= 4 is 17.0 Å². The number of hydrogen-bond acceptors (Lipinski definition) is 2. The van der Waals surface area contributed by atoms with Crippen LogP contribution in [0.1, 0.15) is 44.9 Å². The lowest BCUT2D eigenvalue weighted by Crippen LogP contribution is -2.20. The van der Waals surface area contributed by atoms with Gasteiger partial charge in [-0.15, -0.1) is 0 Å². The van der Waals surface area contributed by atoms with Gasteiger partial charge in [0.2, 0.25) is 0 Å². The third-order valence-corrected chi connectivity index (χ3v) is 4.89. The molecule has 1 heterocycles. The lowest BCUT2D eigenvalue weighted by molar-refractivity contribution is -0.142. The molecule has 1 N–H and O–H groups in total. The molecule has 1 aromatic carbocycles. The summed E-state index contributed by atoms with van der Waals surface area (Å²) in [6.07, 6.45) is 2.77. The number of aromatic nitrogens is 2. The Morgan fingerprint density at radius 3 is 2.76 bits per heavy atom. The van der Waals surface area contributed by atoms with Crippen molar-refractivity contribution in [2.45, 2.75) is 45.6 Å². The second kappa shape index (κ2) is 5.51. The fourth-order valence-electron chi connectivity index (χ4n) is 3.74. The number of carbonyl (C=O) groups is 1. The lowest BCUT2D eigenvalue weighted by atomic mass is 9.95. The highest BCUT2D eigenvalue weighted by Crippen LogP contribution is 2.44. The third kappa shape index (κ3) is 2.33. The zero-order valence-corrected chi connectivity index (χ0v) is 12.6. The summed E-state index contributed by atoms with van der Waals surface area (Å²) in [5.41, 5.74) is 2.08. The molecular weight excluding hydrogens is 264 g/mol. The van der Waals surface area contributed by atoms with Crippen LogP contribution in [0.3, 0.4) is 0 Å². The first-order valence-corrected chi connectivity index (χ1v) is 7.83. The first kappa shape index (κ1) is 14.1. The number of imidazole rings is 1. The number of aliphatic carboxylic acids is 1. The minimum absolute atomic E-state index is 0.0415.